The van der Waals surface area contributed by atoms with E-state index in [0.29, 0.717) is 23.7 Å². The van der Waals surface area contributed by atoms with Gasteiger partial charge in [0.15, 0.2) is 5.78 Å². The maximum Gasteiger partial charge on any atom is 0.244 e. The van der Waals surface area contributed by atoms with Gasteiger partial charge >= 0.3 is 0 Å². The fourth-order valence-corrected chi connectivity index (χ4v) is 4.42. The Bertz CT molecular complexity index is 1120. The predicted molar refractivity (Wildman–Crippen MR) is 119 cm³/mol. The third-order valence-electron chi connectivity index (χ3n) is 4.71. The number of thiophene rings is 1. The van der Waals surface area contributed by atoms with E-state index in [9.17, 15) is 9.59 Å². The minimum absolute atomic E-state index is 0.0511. The summed E-state index contributed by atoms with van der Waals surface area (Å²) in [6.07, 6.45) is 7.04. The first-order valence-electron chi connectivity index (χ1n) is 9.46. The predicted octanol–water partition coefficient (Wildman–Crippen LogP) is 4.80. The first-order valence-corrected chi connectivity index (χ1v) is 10.6. The average molecular weight is 439 g/mol. The molecule has 1 N–H and O–H groups in total. The van der Waals surface area contributed by atoms with Crippen molar-refractivity contribution in [2.45, 2.75) is 19.4 Å². The molecule has 7 heteroatoms. The lowest BCUT2D eigenvalue weighted by Gasteiger charge is -2.11. The Hall–Kier alpha value is -2.96. The molecule has 0 fully saturated rings. The van der Waals surface area contributed by atoms with E-state index in [2.05, 4.69) is 10.3 Å². The molecule has 1 aliphatic rings. The lowest BCUT2D eigenvalue weighted by Crippen LogP contribution is -2.33. The number of aromatic nitrogens is 1. The van der Waals surface area contributed by atoms with Crippen LogP contribution in [-0.2, 0) is 11.2 Å². The van der Waals surface area contributed by atoms with Gasteiger partial charge in [-0.05, 0) is 54.5 Å². The minimum Gasteiger partial charge on any atom is -0.486 e. The molecule has 1 aromatic carbocycles. The van der Waals surface area contributed by atoms with Gasteiger partial charge in [-0.1, -0.05) is 17.7 Å². The molecule has 5 nitrogen and oxygen atoms in total. The molecule has 0 radical (unpaired) electrons. The number of carbonyl (C=O) groups is 2. The van der Waals surface area contributed by atoms with E-state index >= 15 is 0 Å². The zero-order valence-electron chi connectivity index (χ0n) is 16.2. The normalized spacial score (nSPS) is 15.1. The van der Waals surface area contributed by atoms with Crippen LogP contribution in [0.1, 0.15) is 27.7 Å². The number of ketones is 1. The molecule has 1 unspecified atom stereocenters. The summed E-state index contributed by atoms with van der Waals surface area (Å²) in [5.74, 6) is 0.518. The van der Waals surface area contributed by atoms with Gasteiger partial charge < -0.3 is 10.1 Å². The second-order valence-electron chi connectivity index (χ2n) is 6.98. The number of ether oxygens (including phenoxy) is 1. The standard InChI is InChI=1S/C23H19ClN2O3S/c1-14(27)20-5-6-21(30-20)16-9-17-10-18(29-23(17)19(24)11-16)13-26-22(28)7-4-15-3-2-8-25-12-15/h2-9,11-12,18H,10,13H2,1H3,(H,26,28)/b7-4+. The van der Waals surface area contributed by atoms with E-state index < -0.39 is 0 Å². The summed E-state index contributed by atoms with van der Waals surface area (Å²) in [4.78, 5) is 29.4. The van der Waals surface area contributed by atoms with Crippen molar-refractivity contribution in [1.29, 1.82) is 0 Å². The topological polar surface area (TPSA) is 68.3 Å². The minimum atomic E-state index is -0.194. The Balaban J connectivity index is 1.39. The number of benzene rings is 1. The molecule has 30 heavy (non-hydrogen) atoms. The highest BCUT2D eigenvalue weighted by molar-refractivity contribution is 7.17. The molecule has 3 aromatic rings. The average Bonchev–Trinajstić information content (AvgIpc) is 3.39. The van der Waals surface area contributed by atoms with Crippen molar-refractivity contribution in [3.05, 3.63) is 75.9 Å². The summed E-state index contributed by atoms with van der Waals surface area (Å²) >= 11 is 7.90. The van der Waals surface area contributed by atoms with Crippen molar-refractivity contribution in [3.63, 3.8) is 0 Å². The SMILES string of the molecule is CC(=O)c1ccc(-c2cc(Cl)c3c(c2)CC(CNC(=O)/C=C/c2cccnc2)O3)s1. The van der Waals surface area contributed by atoms with Crippen LogP contribution in [0.25, 0.3) is 16.5 Å². The van der Waals surface area contributed by atoms with Crippen molar-refractivity contribution in [1.82, 2.24) is 10.3 Å². The number of nitrogens with one attached hydrogen (secondary N) is 1. The van der Waals surface area contributed by atoms with Crippen LogP contribution in [-0.4, -0.2) is 29.3 Å². The number of carbonyl (C=O) groups excluding carboxylic acids is 2. The van der Waals surface area contributed by atoms with E-state index in [1.807, 2.05) is 36.4 Å². The van der Waals surface area contributed by atoms with Crippen LogP contribution in [0.2, 0.25) is 5.02 Å². The number of pyridine rings is 1. The molecule has 0 saturated carbocycles. The Morgan fingerprint density at radius 2 is 2.20 bits per heavy atom. The van der Waals surface area contributed by atoms with E-state index in [1.54, 1.807) is 25.4 Å². The van der Waals surface area contributed by atoms with Crippen LogP contribution in [0.15, 0.2) is 54.9 Å². The first kappa shape index (κ1) is 20.3. The van der Waals surface area contributed by atoms with Gasteiger partial charge in [0.1, 0.15) is 11.9 Å². The smallest absolute Gasteiger partial charge is 0.244 e. The fraction of sp³-hybridized carbons (Fsp3) is 0.174. The summed E-state index contributed by atoms with van der Waals surface area (Å²) in [5, 5.41) is 3.39. The van der Waals surface area contributed by atoms with Crippen LogP contribution in [0, 0.1) is 0 Å². The summed E-state index contributed by atoms with van der Waals surface area (Å²) in [7, 11) is 0. The Kier molecular flexibility index (Phi) is 5.97. The maximum atomic E-state index is 12.1. The van der Waals surface area contributed by atoms with Gasteiger partial charge in [0.25, 0.3) is 0 Å². The van der Waals surface area contributed by atoms with E-state index in [0.717, 1.165) is 26.4 Å². The number of nitrogens with zero attached hydrogens (tertiary/aromatic N) is 1. The monoisotopic (exact) mass is 438 g/mol. The number of hydrogen-bond donors (Lipinski definition) is 1. The fourth-order valence-electron chi connectivity index (χ4n) is 3.25. The number of rotatable bonds is 6. The quantitative estimate of drug-likeness (QED) is 0.443. The zero-order valence-corrected chi connectivity index (χ0v) is 17.8. The molecular formula is C23H19ClN2O3S. The number of amides is 1. The maximum absolute atomic E-state index is 12.1. The van der Waals surface area contributed by atoms with Crippen molar-refractivity contribution in [2.75, 3.05) is 6.54 Å². The van der Waals surface area contributed by atoms with Crippen LogP contribution in [0.4, 0.5) is 0 Å². The van der Waals surface area contributed by atoms with Gasteiger partial charge in [-0.15, -0.1) is 11.3 Å². The number of halogens is 1. The van der Waals surface area contributed by atoms with E-state index in [-0.39, 0.29) is 17.8 Å². The van der Waals surface area contributed by atoms with E-state index in [4.69, 9.17) is 16.3 Å². The highest BCUT2D eigenvalue weighted by Gasteiger charge is 2.26. The molecule has 2 aromatic heterocycles. The van der Waals surface area contributed by atoms with Gasteiger partial charge in [-0.3, -0.25) is 14.6 Å². The molecule has 0 bridgehead atoms. The first-order chi connectivity index (χ1) is 14.5. The Morgan fingerprint density at radius 3 is 2.93 bits per heavy atom. The van der Waals surface area contributed by atoms with Crippen LogP contribution >= 0.6 is 22.9 Å². The molecule has 0 aliphatic carbocycles. The second-order valence-corrected chi connectivity index (χ2v) is 8.47. The summed E-state index contributed by atoms with van der Waals surface area (Å²) < 4.78 is 5.95. The van der Waals surface area contributed by atoms with Gasteiger partial charge in [0, 0.05) is 35.3 Å². The van der Waals surface area contributed by atoms with Gasteiger partial charge in [0.2, 0.25) is 5.91 Å². The van der Waals surface area contributed by atoms with Crippen molar-refractivity contribution in [2.24, 2.45) is 0 Å². The molecule has 1 atom stereocenters. The second kappa shape index (κ2) is 8.81. The lowest BCUT2D eigenvalue weighted by atomic mass is 10.1. The molecule has 3 heterocycles. The van der Waals surface area contributed by atoms with Crippen molar-refractivity contribution < 1.29 is 14.3 Å². The van der Waals surface area contributed by atoms with Crippen molar-refractivity contribution in [3.8, 4) is 16.2 Å². The third kappa shape index (κ3) is 4.61. The molecule has 152 valence electrons. The highest BCUT2D eigenvalue weighted by Crippen LogP contribution is 2.41. The third-order valence-corrected chi connectivity index (χ3v) is 6.22. The molecule has 0 spiro atoms. The summed E-state index contributed by atoms with van der Waals surface area (Å²) in [6.45, 7) is 1.94. The molecule has 1 aliphatic heterocycles. The van der Waals surface area contributed by atoms with Crippen LogP contribution in [0.5, 0.6) is 5.75 Å². The van der Waals surface area contributed by atoms with Gasteiger partial charge in [-0.2, -0.15) is 0 Å². The largest absolute Gasteiger partial charge is 0.486 e. The molecule has 4 rings (SSSR count). The van der Waals surface area contributed by atoms with Gasteiger partial charge in [0.05, 0.1) is 16.4 Å². The molecular weight excluding hydrogens is 420 g/mol. The summed E-state index contributed by atoms with van der Waals surface area (Å²) in [5.41, 5.74) is 2.82. The highest BCUT2D eigenvalue weighted by atomic mass is 35.5. The van der Waals surface area contributed by atoms with Crippen LogP contribution in [0.3, 0.4) is 0 Å². The molecule has 0 saturated heterocycles. The van der Waals surface area contributed by atoms with Crippen LogP contribution < -0.4 is 10.1 Å². The molecule has 1 amide bonds. The van der Waals surface area contributed by atoms with Crippen molar-refractivity contribution >= 4 is 40.7 Å². The van der Waals surface area contributed by atoms with Gasteiger partial charge in [-0.25, -0.2) is 0 Å². The number of Topliss-reactive ketones (excluding diaryl/α,β-unsaturated/α-hetero) is 1. The zero-order chi connectivity index (χ0) is 21.1. The lowest BCUT2D eigenvalue weighted by molar-refractivity contribution is -0.116. The summed E-state index contributed by atoms with van der Waals surface area (Å²) in [6, 6.07) is 11.4. The number of hydrogen-bond acceptors (Lipinski definition) is 5. The number of fused-ring (bicyclic) bond motifs is 1. The Morgan fingerprint density at radius 1 is 1.33 bits per heavy atom. The van der Waals surface area contributed by atoms with E-state index in [1.165, 1.54) is 17.4 Å². The Labute approximate surface area is 183 Å².